The van der Waals surface area contributed by atoms with Gasteiger partial charge in [-0.15, -0.1) is 6.58 Å². The topological polar surface area (TPSA) is 41.9 Å². The van der Waals surface area contributed by atoms with Crippen LogP contribution in [0.2, 0.25) is 0 Å². The molecule has 27 heavy (non-hydrogen) atoms. The van der Waals surface area contributed by atoms with Crippen LogP contribution < -0.4 is 9.47 Å². The van der Waals surface area contributed by atoms with Gasteiger partial charge in [0, 0.05) is 23.6 Å². The van der Waals surface area contributed by atoms with Gasteiger partial charge in [0.05, 0.1) is 6.61 Å². The van der Waals surface area contributed by atoms with Crippen LogP contribution in [0, 0.1) is 0 Å². The second-order valence-corrected chi connectivity index (χ2v) is 7.64. The zero-order chi connectivity index (χ0) is 18.8. The Morgan fingerprint density at radius 2 is 1.93 bits per heavy atom. The molecule has 1 N–H and O–H groups in total. The summed E-state index contributed by atoms with van der Waals surface area (Å²) in [6.45, 7) is 6.15. The lowest BCUT2D eigenvalue weighted by atomic mass is 9.94. The average Bonchev–Trinajstić information content (AvgIpc) is 3.15. The van der Waals surface area contributed by atoms with Gasteiger partial charge in [0.15, 0.2) is 11.5 Å². The number of halogens is 1. The largest absolute Gasteiger partial charge is 0.454 e. The minimum absolute atomic E-state index is 0.0762. The van der Waals surface area contributed by atoms with Crippen molar-refractivity contribution in [2.45, 2.75) is 25.6 Å². The number of ether oxygens (including phenoxy) is 2. The molecule has 0 saturated carbocycles. The van der Waals surface area contributed by atoms with E-state index in [-0.39, 0.29) is 19.4 Å². The molecule has 0 bridgehead atoms. The van der Waals surface area contributed by atoms with Crippen LogP contribution in [0.25, 0.3) is 5.57 Å². The van der Waals surface area contributed by atoms with Crippen molar-refractivity contribution in [2.75, 3.05) is 13.3 Å². The Hall–Kier alpha value is -2.08. The van der Waals surface area contributed by atoms with Crippen molar-refractivity contribution in [3.63, 3.8) is 0 Å². The quantitative estimate of drug-likeness (QED) is 0.712. The summed E-state index contributed by atoms with van der Waals surface area (Å²) >= 11 is 3.66. The van der Waals surface area contributed by atoms with E-state index < -0.39 is 0 Å². The molecule has 2 heterocycles. The summed E-state index contributed by atoms with van der Waals surface area (Å²) < 4.78 is 12.0. The maximum absolute atomic E-state index is 9.22. The smallest absolute Gasteiger partial charge is 0.231 e. The minimum Gasteiger partial charge on any atom is -0.454 e. The van der Waals surface area contributed by atoms with E-state index in [1.807, 2.05) is 24.3 Å². The van der Waals surface area contributed by atoms with Gasteiger partial charge in [-0.2, -0.15) is 0 Å². The Morgan fingerprint density at radius 3 is 2.63 bits per heavy atom. The summed E-state index contributed by atoms with van der Waals surface area (Å²) in [5.74, 6) is 1.60. The number of fused-ring (bicyclic) bond motifs is 1. The van der Waals surface area contributed by atoms with Gasteiger partial charge in [0.1, 0.15) is 0 Å². The van der Waals surface area contributed by atoms with E-state index in [0.29, 0.717) is 0 Å². The normalized spacial score (nSPS) is 19.0. The standard InChI is InChI=1S/C22H22BrNO3/c1-2-19-9-17(16-5-3-15(13-25)4-6-16)7-8-24(19)12-18-10-21-22(11-20(18)23)27-14-26-21/h2-6,9-11,19,25H,1,7-8,12-14H2. The molecule has 1 atom stereocenters. The maximum atomic E-state index is 9.22. The first-order valence-corrected chi connectivity index (χ1v) is 9.82. The third-order valence-corrected chi connectivity index (χ3v) is 5.86. The van der Waals surface area contributed by atoms with Gasteiger partial charge >= 0.3 is 0 Å². The summed E-state index contributed by atoms with van der Waals surface area (Å²) in [7, 11) is 0. The molecule has 2 aliphatic rings. The zero-order valence-electron chi connectivity index (χ0n) is 15.0. The van der Waals surface area contributed by atoms with E-state index >= 15 is 0 Å². The van der Waals surface area contributed by atoms with Gasteiger partial charge in [-0.3, -0.25) is 4.90 Å². The second kappa shape index (κ2) is 7.89. The highest BCUT2D eigenvalue weighted by atomic mass is 79.9. The fraction of sp³-hybridized carbons (Fsp3) is 0.273. The summed E-state index contributed by atoms with van der Waals surface area (Å²) in [6, 6.07) is 12.3. The average molecular weight is 428 g/mol. The molecular formula is C22H22BrNO3. The van der Waals surface area contributed by atoms with Gasteiger partial charge in [-0.05, 0) is 40.8 Å². The Bertz CT molecular complexity index is 876. The van der Waals surface area contributed by atoms with Crippen LogP contribution in [0.3, 0.4) is 0 Å². The minimum atomic E-state index is 0.0762. The van der Waals surface area contributed by atoms with Crippen LogP contribution in [0.15, 0.2) is 59.6 Å². The number of benzene rings is 2. The molecule has 2 aromatic carbocycles. The number of rotatable bonds is 5. The van der Waals surface area contributed by atoms with Gasteiger partial charge < -0.3 is 14.6 Å². The molecule has 4 rings (SSSR count). The summed E-state index contributed by atoms with van der Waals surface area (Å²) in [4.78, 5) is 2.40. The first-order valence-electron chi connectivity index (χ1n) is 9.03. The number of nitrogens with zero attached hydrogens (tertiary/aromatic N) is 1. The van der Waals surface area contributed by atoms with Crippen molar-refractivity contribution in [3.8, 4) is 11.5 Å². The Kier molecular flexibility index (Phi) is 5.34. The molecule has 2 aromatic rings. The van der Waals surface area contributed by atoms with Gasteiger partial charge in [0.2, 0.25) is 6.79 Å². The summed E-state index contributed by atoms with van der Waals surface area (Å²) in [5, 5.41) is 9.22. The molecule has 0 aliphatic carbocycles. The Morgan fingerprint density at radius 1 is 1.19 bits per heavy atom. The van der Waals surface area contributed by atoms with Crippen molar-refractivity contribution < 1.29 is 14.6 Å². The van der Waals surface area contributed by atoms with E-state index in [2.05, 4.69) is 51.7 Å². The zero-order valence-corrected chi connectivity index (χ0v) is 16.6. The molecule has 0 amide bonds. The van der Waals surface area contributed by atoms with Crippen molar-refractivity contribution >= 4 is 21.5 Å². The first kappa shape index (κ1) is 18.3. The van der Waals surface area contributed by atoms with Crippen LogP contribution >= 0.6 is 15.9 Å². The van der Waals surface area contributed by atoms with Crippen molar-refractivity contribution in [1.29, 1.82) is 0 Å². The molecular weight excluding hydrogens is 406 g/mol. The highest BCUT2D eigenvalue weighted by Crippen LogP contribution is 2.38. The first-order chi connectivity index (χ1) is 13.2. The van der Waals surface area contributed by atoms with Crippen LogP contribution in [-0.4, -0.2) is 29.4 Å². The van der Waals surface area contributed by atoms with Crippen LogP contribution in [-0.2, 0) is 13.2 Å². The number of hydrogen-bond acceptors (Lipinski definition) is 4. The van der Waals surface area contributed by atoms with E-state index in [0.717, 1.165) is 41.0 Å². The van der Waals surface area contributed by atoms with Gasteiger partial charge in [0.25, 0.3) is 0 Å². The molecule has 5 heteroatoms. The third kappa shape index (κ3) is 3.81. The van der Waals surface area contributed by atoms with Crippen LogP contribution in [0.4, 0.5) is 0 Å². The third-order valence-electron chi connectivity index (χ3n) is 5.13. The van der Waals surface area contributed by atoms with Gasteiger partial charge in [-0.1, -0.05) is 52.3 Å². The lowest BCUT2D eigenvalue weighted by Crippen LogP contribution is -2.36. The molecule has 2 aliphatic heterocycles. The van der Waals surface area contributed by atoms with E-state index in [9.17, 15) is 5.11 Å². The number of aliphatic hydroxyl groups excluding tert-OH is 1. The molecule has 1 unspecified atom stereocenters. The molecule has 0 saturated heterocycles. The van der Waals surface area contributed by atoms with E-state index in [1.54, 1.807) is 0 Å². The molecule has 0 fully saturated rings. The fourth-order valence-corrected chi connectivity index (χ4v) is 4.02. The lowest BCUT2D eigenvalue weighted by Gasteiger charge is -2.33. The van der Waals surface area contributed by atoms with Crippen molar-refractivity contribution in [2.24, 2.45) is 0 Å². The molecule has 0 radical (unpaired) electrons. The predicted octanol–water partition coefficient (Wildman–Crippen LogP) is 4.51. The van der Waals surface area contributed by atoms with Crippen LogP contribution in [0.5, 0.6) is 11.5 Å². The van der Waals surface area contributed by atoms with Crippen molar-refractivity contribution in [1.82, 2.24) is 4.90 Å². The van der Waals surface area contributed by atoms with E-state index in [4.69, 9.17) is 9.47 Å². The highest BCUT2D eigenvalue weighted by molar-refractivity contribution is 9.10. The Balaban J connectivity index is 1.53. The van der Waals surface area contributed by atoms with Crippen LogP contribution in [0.1, 0.15) is 23.1 Å². The molecule has 4 nitrogen and oxygen atoms in total. The maximum Gasteiger partial charge on any atom is 0.231 e. The Labute approximate surface area is 167 Å². The SMILES string of the molecule is C=CC1C=C(c2ccc(CO)cc2)CCN1Cc1cc2c(cc1Br)OCO2. The van der Waals surface area contributed by atoms with E-state index in [1.165, 1.54) is 16.7 Å². The van der Waals surface area contributed by atoms with Crippen molar-refractivity contribution in [3.05, 3.63) is 76.3 Å². The molecule has 140 valence electrons. The summed E-state index contributed by atoms with van der Waals surface area (Å²) in [5.41, 5.74) is 4.65. The summed E-state index contributed by atoms with van der Waals surface area (Å²) in [6.07, 6.45) is 5.25. The second-order valence-electron chi connectivity index (χ2n) is 6.79. The highest BCUT2D eigenvalue weighted by Gasteiger charge is 2.23. The fourth-order valence-electron chi connectivity index (χ4n) is 3.57. The van der Waals surface area contributed by atoms with Gasteiger partial charge in [-0.25, -0.2) is 0 Å². The molecule has 0 aromatic heterocycles. The predicted molar refractivity (Wildman–Crippen MR) is 110 cm³/mol. The number of hydrogen-bond donors (Lipinski definition) is 1. The molecule has 0 spiro atoms. The lowest BCUT2D eigenvalue weighted by molar-refractivity contribution is 0.174. The number of aliphatic hydroxyl groups is 1. The monoisotopic (exact) mass is 427 g/mol.